The second-order valence-corrected chi connectivity index (χ2v) is 21.9. The van der Waals surface area contributed by atoms with Crippen LogP contribution in [0.3, 0.4) is 0 Å². The number of carbonyl (C=O) groups is 1. The Kier molecular flexibility index (Phi) is 12.9. The van der Waals surface area contributed by atoms with E-state index < -0.39 is 5.60 Å². The average Bonchev–Trinajstić information content (AvgIpc) is 4.32. The molecule has 17 heteroatoms. The molecule has 1 saturated carbocycles. The molecule has 4 aliphatic rings. The van der Waals surface area contributed by atoms with Gasteiger partial charge in [0, 0.05) is 34.7 Å². The highest BCUT2D eigenvalue weighted by atomic mass is 16.6. The van der Waals surface area contributed by atoms with E-state index in [1.54, 1.807) is 4.90 Å². The Hall–Kier alpha value is -8.15. The van der Waals surface area contributed by atoms with Gasteiger partial charge in [-0.05, 0) is 157 Å². The van der Waals surface area contributed by atoms with E-state index in [4.69, 9.17) is 23.5 Å². The number of carbonyl (C=O) groups excluding carboxylic acids is 1. The van der Waals surface area contributed by atoms with Gasteiger partial charge in [0.2, 0.25) is 11.8 Å². The molecule has 3 saturated heterocycles. The number of aromatic nitrogens is 10. The van der Waals surface area contributed by atoms with E-state index in [0.717, 1.165) is 140 Å². The number of hydrogen-bond acceptors (Lipinski definition) is 12. The summed E-state index contributed by atoms with van der Waals surface area (Å²) in [7, 11) is 0. The molecule has 10 aromatic rings. The number of ether oxygens (including phenoxy) is 1. The first-order valence-corrected chi connectivity index (χ1v) is 27.3. The van der Waals surface area contributed by atoms with Crippen molar-refractivity contribution in [3.63, 3.8) is 0 Å². The molecule has 0 unspecified atom stereocenters. The molecule has 4 fully saturated rings. The first-order valence-electron chi connectivity index (χ1n) is 27.3. The Balaban J connectivity index is 0.000000149. The van der Waals surface area contributed by atoms with Crippen LogP contribution in [0.1, 0.15) is 132 Å². The van der Waals surface area contributed by atoms with E-state index in [9.17, 15) is 4.79 Å². The topological polar surface area (TPSA) is 220 Å². The number of hydrogen-bond donors (Lipinski definition) is 6. The fraction of sp³-hybridized carbons (Fsp3) is 0.350. The number of H-pyrrole nitrogens is 4. The fourth-order valence-corrected chi connectivity index (χ4v) is 11.3. The summed E-state index contributed by atoms with van der Waals surface area (Å²) in [5, 5.41) is 6.97. The summed E-state index contributed by atoms with van der Waals surface area (Å²) in [4.78, 5) is 56.5. The number of benzene rings is 4. The molecule has 392 valence electrons. The molecule has 3 atom stereocenters. The molecule has 0 radical (unpaired) electrons. The molecule has 6 aromatic heterocycles. The van der Waals surface area contributed by atoms with Crippen LogP contribution in [0.25, 0.3) is 90.1 Å². The van der Waals surface area contributed by atoms with Crippen molar-refractivity contribution in [3.05, 3.63) is 133 Å². The summed E-state index contributed by atoms with van der Waals surface area (Å²) in [5.74, 6) is 5.64. The number of oxazole rings is 2. The minimum atomic E-state index is -0.537. The molecule has 9 heterocycles. The molecule has 3 aliphatic heterocycles. The Morgan fingerprint density at radius 1 is 0.519 bits per heavy atom. The largest absolute Gasteiger partial charge is 0.444 e. The van der Waals surface area contributed by atoms with Crippen molar-refractivity contribution < 1.29 is 18.4 Å². The lowest BCUT2D eigenvalue weighted by Crippen LogP contribution is -2.36. The third-order valence-corrected chi connectivity index (χ3v) is 15.4. The van der Waals surface area contributed by atoms with Crippen molar-refractivity contribution in [1.82, 2.24) is 65.4 Å². The Bertz CT molecular complexity index is 3670. The van der Waals surface area contributed by atoms with E-state index in [2.05, 4.69) is 86.9 Å². The SMILES string of the molecule is CC(C)(C)OC(=O)N1CCC[C@H]1c1ncc(-c2ccc3oc(-c4ccc(-c5cnc(C6CCCC6)[nH]5)cc4)nc3c2)[nH]1.c1cc(-c2nc3cc(-c4cnc([C@@H]5CCCN5)[nH]4)ccc3o2)ccc1-c1cnc([C@@H]2CCCN2)[nH]1. The molecule has 1 aliphatic carbocycles. The highest BCUT2D eigenvalue weighted by Crippen LogP contribution is 2.37. The van der Waals surface area contributed by atoms with Crippen LogP contribution in [-0.4, -0.2) is 86.1 Å². The lowest BCUT2D eigenvalue weighted by atomic mass is 10.1. The van der Waals surface area contributed by atoms with Gasteiger partial charge in [-0.2, -0.15) is 0 Å². The predicted octanol–water partition coefficient (Wildman–Crippen LogP) is 13.1. The zero-order valence-electron chi connectivity index (χ0n) is 43.7. The summed E-state index contributed by atoms with van der Waals surface area (Å²) < 4.78 is 17.8. The van der Waals surface area contributed by atoms with Crippen LogP contribution in [0.4, 0.5) is 4.79 Å². The summed E-state index contributed by atoms with van der Waals surface area (Å²) in [6.07, 6.45) is 18.7. The van der Waals surface area contributed by atoms with Gasteiger partial charge in [0.05, 0.1) is 65.7 Å². The smallest absolute Gasteiger partial charge is 0.410 e. The zero-order chi connectivity index (χ0) is 52.0. The number of aromatic amines is 4. The first-order chi connectivity index (χ1) is 37.6. The van der Waals surface area contributed by atoms with Crippen LogP contribution in [0, 0.1) is 0 Å². The van der Waals surface area contributed by atoms with Gasteiger partial charge in [-0.25, -0.2) is 34.7 Å². The molecule has 4 aromatic carbocycles. The third-order valence-electron chi connectivity index (χ3n) is 15.4. The lowest BCUT2D eigenvalue weighted by molar-refractivity contribution is 0.0218. The number of fused-ring (bicyclic) bond motifs is 2. The minimum Gasteiger partial charge on any atom is -0.444 e. The predicted molar refractivity (Wildman–Crippen MR) is 295 cm³/mol. The van der Waals surface area contributed by atoms with Crippen LogP contribution >= 0.6 is 0 Å². The Morgan fingerprint density at radius 2 is 0.961 bits per heavy atom. The van der Waals surface area contributed by atoms with Crippen molar-refractivity contribution in [1.29, 1.82) is 0 Å². The Morgan fingerprint density at radius 3 is 1.45 bits per heavy atom. The van der Waals surface area contributed by atoms with Crippen LogP contribution in [0.2, 0.25) is 0 Å². The summed E-state index contributed by atoms with van der Waals surface area (Å²) in [5.41, 5.74) is 12.5. The van der Waals surface area contributed by atoms with Crippen LogP contribution < -0.4 is 10.6 Å². The molecule has 77 heavy (non-hydrogen) atoms. The number of amides is 1. The third kappa shape index (κ3) is 10.2. The molecular weight excluding hydrogens is 967 g/mol. The van der Waals surface area contributed by atoms with E-state index in [0.29, 0.717) is 36.3 Å². The highest BCUT2D eigenvalue weighted by molar-refractivity contribution is 5.83. The van der Waals surface area contributed by atoms with Gasteiger partial charge in [0.15, 0.2) is 11.2 Å². The minimum absolute atomic E-state index is 0.130. The van der Waals surface area contributed by atoms with Crippen molar-refractivity contribution in [3.8, 4) is 67.9 Å². The lowest BCUT2D eigenvalue weighted by Gasteiger charge is -2.27. The van der Waals surface area contributed by atoms with E-state index in [-0.39, 0.29) is 12.1 Å². The highest BCUT2D eigenvalue weighted by Gasteiger charge is 2.35. The fourth-order valence-electron chi connectivity index (χ4n) is 11.3. The van der Waals surface area contributed by atoms with Crippen LogP contribution in [0.5, 0.6) is 0 Å². The molecule has 1 amide bonds. The number of likely N-dealkylation sites (tertiary alicyclic amines) is 1. The standard InChI is InChI=1S/C33H36N6O3.C27H27N7O/c1-33(2,3)42-32(40)39-16-6-9-27(39)30-35-19-26(37-30)23-14-15-28-24(17-23)38-31(41-28)22-12-10-20(11-13-22)25-18-34-29(36-25)21-7-4-5-8-21;1-3-19(28-11-1)25-30-14-22(32-25)16-5-7-17(8-6-16)27-34-21-13-18(9-10-24(21)35-27)23-15-31-26(33-23)20-4-2-12-29-20/h10-15,17-19,21,27H,4-9,16H2,1-3H3,(H,34,36)(H,35,37);5-10,13-15,19-20,28-29H,1-4,11-12H2,(H,30,32)(H,31,33)/t27-;19-,20-/m00/s1. The summed E-state index contributed by atoms with van der Waals surface area (Å²) in [6, 6.07) is 29.0. The van der Waals surface area contributed by atoms with E-state index in [1.165, 1.54) is 38.5 Å². The van der Waals surface area contributed by atoms with E-state index in [1.807, 2.05) is 94.1 Å². The average molecular weight is 1030 g/mol. The monoisotopic (exact) mass is 1030 g/mol. The molecule has 6 N–H and O–H groups in total. The second kappa shape index (κ2) is 20.4. The zero-order valence-corrected chi connectivity index (χ0v) is 43.7. The maximum Gasteiger partial charge on any atom is 0.410 e. The summed E-state index contributed by atoms with van der Waals surface area (Å²) >= 11 is 0. The maximum atomic E-state index is 12.8. The van der Waals surface area contributed by atoms with Crippen molar-refractivity contribution in [2.45, 2.75) is 115 Å². The van der Waals surface area contributed by atoms with Gasteiger partial charge >= 0.3 is 6.09 Å². The van der Waals surface area contributed by atoms with Crippen molar-refractivity contribution in [2.24, 2.45) is 0 Å². The summed E-state index contributed by atoms with van der Waals surface area (Å²) in [6.45, 7) is 8.42. The quantitative estimate of drug-likeness (QED) is 0.0753. The number of rotatable bonds is 10. The van der Waals surface area contributed by atoms with Gasteiger partial charge in [0.25, 0.3) is 0 Å². The molecule has 0 bridgehead atoms. The van der Waals surface area contributed by atoms with Gasteiger partial charge in [-0.1, -0.05) is 37.1 Å². The van der Waals surface area contributed by atoms with Gasteiger partial charge < -0.3 is 44.1 Å². The second-order valence-electron chi connectivity index (χ2n) is 21.9. The number of nitrogens with one attached hydrogen (secondary N) is 6. The number of nitrogens with zero attached hydrogens (tertiary/aromatic N) is 7. The van der Waals surface area contributed by atoms with Crippen LogP contribution in [0.15, 0.2) is 119 Å². The number of imidazole rings is 4. The molecular formula is C60H63N13O4. The van der Waals surface area contributed by atoms with E-state index >= 15 is 0 Å². The molecule has 0 spiro atoms. The van der Waals surface area contributed by atoms with Crippen molar-refractivity contribution in [2.75, 3.05) is 19.6 Å². The molecule has 14 rings (SSSR count). The maximum absolute atomic E-state index is 12.8. The Labute approximate surface area is 445 Å². The van der Waals surface area contributed by atoms with Gasteiger partial charge in [0.1, 0.15) is 39.9 Å². The van der Waals surface area contributed by atoms with Gasteiger partial charge in [-0.3, -0.25) is 4.90 Å². The molecule has 17 nitrogen and oxygen atoms in total. The van der Waals surface area contributed by atoms with Crippen molar-refractivity contribution >= 4 is 28.3 Å². The normalized spacial score (nSPS) is 18.9. The van der Waals surface area contributed by atoms with Crippen LogP contribution in [-0.2, 0) is 4.74 Å². The first kappa shape index (κ1) is 48.5. The van der Waals surface area contributed by atoms with Gasteiger partial charge in [-0.15, -0.1) is 0 Å².